The SMILES string of the molecule is Cc1ccc(-n2nc(C(C)(C)C)c3c2N(CC(=O)N2CCOCC2)C(=O)CS[C@H]3c2cccc(F)c2)c(C)c1. The summed E-state index contributed by atoms with van der Waals surface area (Å²) in [5, 5.41) is 4.80. The first-order valence-corrected chi connectivity index (χ1v) is 14.3. The van der Waals surface area contributed by atoms with E-state index < -0.39 is 0 Å². The van der Waals surface area contributed by atoms with Crippen molar-refractivity contribution in [3.8, 4) is 5.69 Å². The number of rotatable bonds is 4. The molecule has 5 rings (SSSR count). The van der Waals surface area contributed by atoms with Crippen molar-refractivity contribution in [2.24, 2.45) is 0 Å². The zero-order chi connectivity index (χ0) is 27.9. The van der Waals surface area contributed by atoms with Gasteiger partial charge in [0.1, 0.15) is 18.2 Å². The van der Waals surface area contributed by atoms with Crippen molar-refractivity contribution in [1.82, 2.24) is 14.7 Å². The number of nitrogens with zero attached hydrogens (tertiary/aromatic N) is 4. The summed E-state index contributed by atoms with van der Waals surface area (Å²) in [6.45, 7) is 12.2. The Labute approximate surface area is 233 Å². The van der Waals surface area contributed by atoms with Crippen molar-refractivity contribution < 1.29 is 18.7 Å². The van der Waals surface area contributed by atoms with E-state index >= 15 is 0 Å². The van der Waals surface area contributed by atoms with Crippen molar-refractivity contribution in [3.63, 3.8) is 0 Å². The monoisotopic (exact) mass is 550 g/mol. The summed E-state index contributed by atoms with van der Waals surface area (Å²) >= 11 is 1.45. The summed E-state index contributed by atoms with van der Waals surface area (Å²) in [6.07, 6.45) is 0. The number of morpholine rings is 1. The third kappa shape index (κ3) is 5.47. The summed E-state index contributed by atoms with van der Waals surface area (Å²) in [4.78, 5) is 30.6. The highest BCUT2D eigenvalue weighted by Gasteiger charge is 2.40. The molecule has 39 heavy (non-hydrogen) atoms. The molecule has 3 aromatic rings. The molecule has 1 atom stereocenters. The third-order valence-electron chi connectivity index (χ3n) is 7.19. The number of amides is 2. The molecule has 1 aromatic heterocycles. The van der Waals surface area contributed by atoms with Crippen LogP contribution in [0, 0.1) is 19.7 Å². The number of aromatic nitrogens is 2. The van der Waals surface area contributed by atoms with E-state index in [1.165, 1.54) is 23.9 Å². The number of carbonyl (C=O) groups is 2. The fourth-order valence-electron chi connectivity index (χ4n) is 5.27. The minimum atomic E-state index is -0.382. The molecule has 1 fully saturated rings. The van der Waals surface area contributed by atoms with Crippen LogP contribution in [0.15, 0.2) is 42.5 Å². The van der Waals surface area contributed by atoms with Gasteiger partial charge >= 0.3 is 0 Å². The van der Waals surface area contributed by atoms with E-state index in [1.807, 2.05) is 36.7 Å². The molecule has 2 aromatic carbocycles. The summed E-state index contributed by atoms with van der Waals surface area (Å²) in [6, 6.07) is 12.7. The maximum Gasteiger partial charge on any atom is 0.242 e. The van der Waals surface area contributed by atoms with Crippen molar-refractivity contribution in [1.29, 1.82) is 0 Å². The number of carbonyl (C=O) groups excluding carboxylic acids is 2. The van der Waals surface area contributed by atoms with Crippen LogP contribution < -0.4 is 4.90 Å². The fraction of sp³-hybridized carbons (Fsp3) is 0.433. The Bertz CT molecular complexity index is 1410. The molecule has 0 unspecified atom stereocenters. The number of ether oxygens (including phenoxy) is 1. The molecule has 0 N–H and O–H groups in total. The molecule has 7 nitrogen and oxygen atoms in total. The number of benzene rings is 2. The highest BCUT2D eigenvalue weighted by Crippen LogP contribution is 2.48. The van der Waals surface area contributed by atoms with E-state index in [2.05, 4.69) is 26.8 Å². The van der Waals surface area contributed by atoms with Crippen LogP contribution in [-0.2, 0) is 19.7 Å². The van der Waals surface area contributed by atoms with Gasteiger partial charge in [-0.15, -0.1) is 11.8 Å². The molecule has 2 aliphatic heterocycles. The molecule has 0 bridgehead atoms. The minimum Gasteiger partial charge on any atom is -0.378 e. The van der Waals surface area contributed by atoms with Crippen LogP contribution in [0.3, 0.4) is 0 Å². The van der Waals surface area contributed by atoms with Crippen LogP contribution in [0.1, 0.15) is 54.0 Å². The molecule has 2 amide bonds. The first kappa shape index (κ1) is 27.4. The topological polar surface area (TPSA) is 67.7 Å². The van der Waals surface area contributed by atoms with Gasteiger partial charge < -0.3 is 9.64 Å². The zero-order valence-electron chi connectivity index (χ0n) is 23.2. The molecule has 0 saturated carbocycles. The molecule has 0 aliphatic carbocycles. The number of aryl methyl sites for hydroxylation is 2. The number of halogens is 1. The summed E-state index contributed by atoms with van der Waals surface area (Å²) < 4.78 is 21.7. The van der Waals surface area contributed by atoms with Gasteiger partial charge in [-0.2, -0.15) is 5.10 Å². The second-order valence-corrected chi connectivity index (χ2v) is 12.4. The van der Waals surface area contributed by atoms with Gasteiger partial charge in [0.2, 0.25) is 11.8 Å². The second kappa shape index (κ2) is 10.8. The van der Waals surface area contributed by atoms with Gasteiger partial charge in [-0.1, -0.05) is 50.6 Å². The van der Waals surface area contributed by atoms with Crippen LogP contribution in [0.4, 0.5) is 10.2 Å². The van der Waals surface area contributed by atoms with Gasteiger partial charge in [-0.3, -0.25) is 14.5 Å². The predicted molar refractivity (Wildman–Crippen MR) is 152 cm³/mol. The van der Waals surface area contributed by atoms with E-state index in [4.69, 9.17) is 9.84 Å². The number of anilines is 1. The van der Waals surface area contributed by atoms with Crippen LogP contribution in [0.5, 0.6) is 0 Å². The van der Waals surface area contributed by atoms with Gasteiger partial charge in [0.25, 0.3) is 0 Å². The van der Waals surface area contributed by atoms with Crippen LogP contribution in [-0.4, -0.2) is 65.1 Å². The largest absolute Gasteiger partial charge is 0.378 e. The molecule has 1 saturated heterocycles. The number of thioether (sulfide) groups is 1. The average molecular weight is 551 g/mol. The number of hydrogen-bond acceptors (Lipinski definition) is 5. The lowest BCUT2D eigenvalue weighted by Gasteiger charge is -2.30. The van der Waals surface area contributed by atoms with E-state index in [-0.39, 0.29) is 40.6 Å². The molecular formula is C30H35FN4O3S. The van der Waals surface area contributed by atoms with E-state index in [0.717, 1.165) is 33.6 Å². The van der Waals surface area contributed by atoms with Gasteiger partial charge in [-0.05, 0) is 43.2 Å². The first-order valence-electron chi connectivity index (χ1n) is 13.3. The Morgan fingerprint density at radius 2 is 1.87 bits per heavy atom. The Morgan fingerprint density at radius 3 is 2.54 bits per heavy atom. The Hall–Kier alpha value is -3.17. The number of fused-ring (bicyclic) bond motifs is 1. The average Bonchev–Trinajstić information content (AvgIpc) is 3.22. The predicted octanol–water partition coefficient (Wildman–Crippen LogP) is 4.95. The van der Waals surface area contributed by atoms with E-state index in [9.17, 15) is 14.0 Å². The zero-order valence-corrected chi connectivity index (χ0v) is 24.0. The van der Waals surface area contributed by atoms with Crippen LogP contribution in [0.2, 0.25) is 0 Å². The van der Waals surface area contributed by atoms with Gasteiger partial charge in [0.05, 0.1) is 35.6 Å². The highest BCUT2D eigenvalue weighted by molar-refractivity contribution is 8.00. The fourth-order valence-corrected chi connectivity index (χ4v) is 6.45. The second-order valence-electron chi connectivity index (χ2n) is 11.3. The van der Waals surface area contributed by atoms with Crippen LogP contribution in [0.25, 0.3) is 5.69 Å². The summed E-state index contributed by atoms with van der Waals surface area (Å²) in [7, 11) is 0. The lowest BCUT2D eigenvalue weighted by Crippen LogP contribution is -2.48. The van der Waals surface area contributed by atoms with E-state index in [1.54, 1.807) is 15.9 Å². The van der Waals surface area contributed by atoms with Gasteiger partial charge in [-0.25, -0.2) is 9.07 Å². The molecule has 0 spiro atoms. The van der Waals surface area contributed by atoms with Gasteiger partial charge in [0.15, 0.2) is 0 Å². The van der Waals surface area contributed by atoms with Crippen molar-refractivity contribution in [2.45, 2.75) is 45.3 Å². The normalized spacial score (nSPS) is 18.2. The summed E-state index contributed by atoms with van der Waals surface area (Å²) in [5.41, 5.74) is 5.01. The molecule has 9 heteroatoms. The maximum absolute atomic E-state index is 14.5. The Morgan fingerprint density at radius 1 is 1.13 bits per heavy atom. The van der Waals surface area contributed by atoms with Crippen molar-refractivity contribution in [3.05, 3.63) is 76.2 Å². The molecule has 206 valence electrons. The maximum atomic E-state index is 14.5. The Balaban J connectivity index is 1.75. The van der Waals surface area contributed by atoms with E-state index in [0.29, 0.717) is 32.1 Å². The van der Waals surface area contributed by atoms with Crippen molar-refractivity contribution in [2.75, 3.05) is 43.5 Å². The lowest BCUT2D eigenvalue weighted by molar-refractivity contribution is -0.134. The van der Waals surface area contributed by atoms with Crippen LogP contribution >= 0.6 is 11.8 Å². The highest BCUT2D eigenvalue weighted by atomic mass is 32.2. The lowest BCUT2D eigenvalue weighted by atomic mass is 9.87. The smallest absolute Gasteiger partial charge is 0.242 e. The Kier molecular flexibility index (Phi) is 7.57. The third-order valence-corrected chi connectivity index (χ3v) is 8.44. The first-order chi connectivity index (χ1) is 18.5. The quantitative estimate of drug-likeness (QED) is 0.460. The van der Waals surface area contributed by atoms with Crippen molar-refractivity contribution >= 4 is 29.4 Å². The molecule has 0 radical (unpaired) electrons. The van der Waals surface area contributed by atoms with Gasteiger partial charge in [0, 0.05) is 24.1 Å². The molecule has 3 heterocycles. The molecular weight excluding hydrogens is 515 g/mol. The molecule has 2 aliphatic rings. The minimum absolute atomic E-state index is 0.0948. The summed E-state index contributed by atoms with van der Waals surface area (Å²) in [5.74, 6) is 0.106. The number of hydrogen-bond donors (Lipinski definition) is 0. The standard InChI is InChI=1S/C30H35FN4O3S/c1-19-9-10-23(20(2)15-19)35-29-26(28(32-35)30(3,4)5)27(21-7-6-8-22(31)16-21)39-18-25(37)34(29)17-24(36)33-11-13-38-14-12-33/h6-10,15-16,27H,11-14,17-18H2,1-5H3/t27-/m0/s1.